The minimum absolute atomic E-state index is 0.0377. The molecular weight excluding hydrogens is 551 g/mol. The van der Waals surface area contributed by atoms with Gasteiger partial charge < -0.3 is 14.8 Å². The number of carbonyl (C=O) groups excluding carboxylic acids is 3. The van der Waals surface area contributed by atoms with E-state index in [9.17, 15) is 27.6 Å². The van der Waals surface area contributed by atoms with Gasteiger partial charge in [0.25, 0.3) is 5.91 Å². The molecule has 1 aromatic heterocycles. The summed E-state index contributed by atoms with van der Waals surface area (Å²) in [7, 11) is 0. The summed E-state index contributed by atoms with van der Waals surface area (Å²) < 4.78 is 43.6. The number of hydrogen-bond acceptors (Lipinski definition) is 3. The van der Waals surface area contributed by atoms with Gasteiger partial charge in [-0.3, -0.25) is 14.4 Å². The number of amides is 2. The van der Waals surface area contributed by atoms with E-state index in [-0.39, 0.29) is 36.1 Å². The molecule has 1 saturated heterocycles. The number of alkyl halides is 3. The van der Waals surface area contributed by atoms with Crippen LogP contribution in [0.3, 0.4) is 0 Å². The molecule has 1 fully saturated rings. The Hall–Kier alpha value is -3.40. The zero-order valence-corrected chi connectivity index (χ0v) is 21.4. The van der Waals surface area contributed by atoms with E-state index in [1.165, 1.54) is 12.3 Å². The molecule has 0 radical (unpaired) electrons. The van der Waals surface area contributed by atoms with Crippen molar-refractivity contribution in [3.63, 3.8) is 0 Å². The fraction of sp³-hybridized carbons (Fsp3) is 0.296. The molecule has 2 amide bonds. The highest BCUT2D eigenvalue weighted by Crippen LogP contribution is 2.28. The van der Waals surface area contributed by atoms with E-state index in [1.807, 2.05) is 0 Å². The van der Waals surface area contributed by atoms with Gasteiger partial charge in [-0.2, -0.15) is 13.2 Å². The zero-order chi connectivity index (χ0) is 26.7. The second-order valence-corrected chi connectivity index (χ2v) is 10.1. The molecule has 194 valence electrons. The van der Waals surface area contributed by atoms with Crippen molar-refractivity contribution in [1.29, 1.82) is 0 Å². The van der Waals surface area contributed by atoms with E-state index < -0.39 is 24.5 Å². The monoisotopic (exact) mass is 575 g/mol. The van der Waals surface area contributed by atoms with Gasteiger partial charge in [-0.15, -0.1) is 0 Å². The summed E-state index contributed by atoms with van der Waals surface area (Å²) >= 11 is 3.35. The molecule has 3 aromatic rings. The van der Waals surface area contributed by atoms with Crippen molar-refractivity contribution in [3.05, 3.63) is 83.0 Å². The van der Waals surface area contributed by atoms with Crippen molar-refractivity contribution < 1.29 is 27.6 Å². The van der Waals surface area contributed by atoms with Crippen LogP contribution in [-0.2, 0) is 22.6 Å². The third-order valence-electron chi connectivity index (χ3n) is 6.38. The van der Waals surface area contributed by atoms with Crippen LogP contribution in [0.4, 0.5) is 13.2 Å². The van der Waals surface area contributed by atoms with Gasteiger partial charge in [0.15, 0.2) is 5.78 Å². The normalized spacial score (nSPS) is 14.8. The lowest BCUT2D eigenvalue weighted by Gasteiger charge is -2.38. The number of benzene rings is 2. The number of Topliss-reactive ketones (excluding diaryl/α,β-unsaturated/α-hetero) is 1. The third-order valence-corrected chi connectivity index (χ3v) is 6.87. The van der Waals surface area contributed by atoms with Gasteiger partial charge in [0.05, 0.1) is 12.1 Å². The van der Waals surface area contributed by atoms with Crippen LogP contribution in [0.25, 0.3) is 10.9 Å². The van der Waals surface area contributed by atoms with E-state index in [0.717, 1.165) is 0 Å². The Morgan fingerprint density at radius 2 is 1.84 bits per heavy atom. The molecule has 37 heavy (non-hydrogen) atoms. The van der Waals surface area contributed by atoms with Gasteiger partial charge in [-0.25, -0.2) is 0 Å². The summed E-state index contributed by atoms with van der Waals surface area (Å²) in [6.07, 6.45) is -2.13. The van der Waals surface area contributed by atoms with Crippen LogP contribution in [0, 0.1) is 5.92 Å². The summed E-state index contributed by atoms with van der Waals surface area (Å²) in [6, 6.07) is 11.2. The summed E-state index contributed by atoms with van der Waals surface area (Å²) in [5, 5.41) is 2.59. The number of ketones is 1. The van der Waals surface area contributed by atoms with Crippen LogP contribution in [-0.4, -0.2) is 52.4 Å². The van der Waals surface area contributed by atoms with Gasteiger partial charge in [0.2, 0.25) is 5.91 Å². The second-order valence-electron chi connectivity index (χ2n) is 9.15. The number of nitrogens with one attached hydrogen (secondary N) is 1. The van der Waals surface area contributed by atoms with E-state index >= 15 is 0 Å². The second kappa shape index (κ2) is 10.9. The number of halogens is 4. The maximum Gasteiger partial charge on any atom is 0.408 e. The largest absolute Gasteiger partial charge is 0.408 e. The minimum Gasteiger partial charge on any atom is -0.340 e. The zero-order valence-electron chi connectivity index (χ0n) is 19.8. The quantitative estimate of drug-likeness (QED) is 0.368. The summed E-state index contributed by atoms with van der Waals surface area (Å²) in [6.45, 7) is 4.36. The molecule has 1 unspecified atom stereocenters. The van der Waals surface area contributed by atoms with Crippen molar-refractivity contribution in [2.75, 3.05) is 13.1 Å². The van der Waals surface area contributed by atoms with E-state index in [4.69, 9.17) is 0 Å². The first-order valence-corrected chi connectivity index (χ1v) is 12.5. The van der Waals surface area contributed by atoms with Crippen LogP contribution in [0.15, 0.2) is 71.9 Å². The van der Waals surface area contributed by atoms with E-state index in [0.29, 0.717) is 34.0 Å². The molecule has 6 nitrogen and oxygen atoms in total. The topological polar surface area (TPSA) is 71.4 Å². The standard InChI is InChI=1S/C27H25BrF3N3O3/c1-2-25(36)34-13-18(14-34)10-20(35)15-33-16-22(21-12-19(28)8-9-23(21)33)26(37)32-24(27(29,30)31)11-17-6-4-3-5-7-17/h2-9,12,16,18,24H,1,10-11,13-15H2,(H,32,37). The Morgan fingerprint density at radius 1 is 1.14 bits per heavy atom. The smallest absolute Gasteiger partial charge is 0.340 e. The van der Waals surface area contributed by atoms with Crippen molar-refractivity contribution in [2.24, 2.45) is 5.92 Å². The van der Waals surface area contributed by atoms with Crippen molar-refractivity contribution in [2.45, 2.75) is 31.6 Å². The molecule has 1 aliphatic rings. The fourth-order valence-electron chi connectivity index (χ4n) is 4.50. The Bertz CT molecular complexity index is 1330. The van der Waals surface area contributed by atoms with Crippen molar-refractivity contribution in [1.82, 2.24) is 14.8 Å². The van der Waals surface area contributed by atoms with E-state index in [1.54, 1.807) is 58.0 Å². The summed E-state index contributed by atoms with van der Waals surface area (Å²) in [5.41, 5.74) is 1.06. The van der Waals surface area contributed by atoms with Crippen LogP contribution in [0.1, 0.15) is 22.3 Å². The maximum atomic E-state index is 13.8. The van der Waals surface area contributed by atoms with Crippen LogP contribution < -0.4 is 5.32 Å². The van der Waals surface area contributed by atoms with E-state index in [2.05, 4.69) is 27.8 Å². The Kier molecular flexibility index (Phi) is 7.87. The highest BCUT2D eigenvalue weighted by molar-refractivity contribution is 9.10. The number of nitrogens with zero attached hydrogens (tertiary/aromatic N) is 2. The molecule has 1 aliphatic heterocycles. The predicted octanol–water partition coefficient (Wildman–Crippen LogP) is 4.91. The number of fused-ring (bicyclic) bond motifs is 1. The molecule has 2 aromatic carbocycles. The molecule has 4 rings (SSSR count). The predicted molar refractivity (Wildman–Crippen MR) is 137 cm³/mol. The Balaban J connectivity index is 1.52. The van der Waals surface area contributed by atoms with Gasteiger partial charge in [-0.05, 0) is 29.8 Å². The minimum atomic E-state index is -4.65. The lowest BCUT2D eigenvalue weighted by Crippen LogP contribution is -2.50. The molecular formula is C27H25BrF3N3O3. The highest BCUT2D eigenvalue weighted by Gasteiger charge is 2.41. The molecule has 2 heterocycles. The number of carbonyl (C=O) groups is 3. The lowest BCUT2D eigenvalue weighted by atomic mass is 9.94. The van der Waals surface area contributed by atoms with Crippen LogP contribution in [0.5, 0.6) is 0 Å². The summed E-state index contributed by atoms with van der Waals surface area (Å²) in [4.78, 5) is 39.1. The molecule has 0 spiro atoms. The molecule has 0 bridgehead atoms. The number of hydrogen-bond donors (Lipinski definition) is 1. The van der Waals surface area contributed by atoms with Crippen molar-refractivity contribution in [3.8, 4) is 0 Å². The first-order valence-electron chi connectivity index (χ1n) is 11.7. The molecule has 1 N–H and O–H groups in total. The summed E-state index contributed by atoms with van der Waals surface area (Å²) in [5.74, 6) is -1.10. The number of rotatable bonds is 9. The molecule has 1 atom stereocenters. The maximum absolute atomic E-state index is 13.8. The van der Waals surface area contributed by atoms with Crippen molar-refractivity contribution >= 4 is 44.4 Å². The average Bonchev–Trinajstić information content (AvgIpc) is 3.17. The van der Waals surface area contributed by atoms with Gasteiger partial charge in [0, 0.05) is 53.4 Å². The van der Waals surface area contributed by atoms with Gasteiger partial charge in [0.1, 0.15) is 6.04 Å². The average molecular weight is 576 g/mol. The van der Waals surface area contributed by atoms with Crippen LogP contribution in [0.2, 0.25) is 0 Å². The highest BCUT2D eigenvalue weighted by atomic mass is 79.9. The van der Waals surface area contributed by atoms with Gasteiger partial charge in [-0.1, -0.05) is 52.8 Å². The Labute approximate surface area is 220 Å². The molecule has 0 aliphatic carbocycles. The fourth-order valence-corrected chi connectivity index (χ4v) is 4.86. The first-order chi connectivity index (χ1) is 17.5. The lowest BCUT2D eigenvalue weighted by molar-refractivity contribution is -0.153. The molecule has 10 heteroatoms. The van der Waals surface area contributed by atoms with Gasteiger partial charge >= 0.3 is 6.18 Å². The first kappa shape index (κ1) is 26.7. The molecule has 0 saturated carbocycles. The Morgan fingerprint density at radius 3 is 2.49 bits per heavy atom. The number of likely N-dealkylation sites (tertiary alicyclic amines) is 1. The third kappa shape index (κ3) is 6.30. The van der Waals surface area contributed by atoms with Crippen LogP contribution >= 0.6 is 15.9 Å². The number of aromatic nitrogens is 1. The SMILES string of the molecule is C=CC(=O)N1CC(CC(=O)Cn2cc(C(=O)NC(Cc3ccccc3)C(F)(F)F)c3cc(Br)ccc32)C1.